The molecule has 1 aromatic carbocycles. The molecule has 2 N–H and O–H groups in total. The van der Waals surface area contributed by atoms with Gasteiger partial charge < -0.3 is 15.4 Å². The van der Waals surface area contributed by atoms with Gasteiger partial charge in [-0.05, 0) is 34.6 Å². The molecule has 23 heavy (non-hydrogen) atoms. The number of ether oxygens (including phenoxy) is 1. The fourth-order valence-electron chi connectivity index (χ4n) is 1.84. The summed E-state index contributed by atoms with van der Waals surface area (Å²) in [6, 6.07) is 6.58. The summed E-state index contributed by atoms with van der Waals surface area (Å²) in [7, 11) is 0. The number of nitro benzene ring substituents is 1. The van der Waals surface area contributed by atoms with E-state index < -0.39 is 22.2 Å². The van der Waals surface area contributed by atoms with Crippen LogP contribution in [0, 0.1) is 10.1 Å². The maximum absolute atomic E-state index is 11.7. The lowest BCUT2D eigenvalue weighted by atomic mass is 10.0. The molecular formula is C16H25N3O4. The molecule has 0 spiro atoms. The molecule has 0 radical (unpaired) electrons. The van der Waals surface area contributed by atoms with Crippen molar-refractivity contribution in [2.45, 2.75) is 52.3 Å². The Bertz CT molecular complexity index is 565. The average Bonchev–Trinajstić information content (AvgIpc) is 2.42. The molecule has 0 aliphatic rings. The minimum Gasteiger partial charge on any atom is -0.444 e. The van der Waals surface area contributed by atoms with Crippen molar-refractivity contribution >= 4 is 11.8 Å². The summed E-state index contributed by atoms with van der Waals surface area (Å²) in [6.45, 7) is 9.86. The Balaban J connectivity index is 2.56. The molecule has 1 rings (SSSR count). The van der Waals surface area contributed by atoms with Gasteiger partial charge in [0, 0.05) is 30.3 Å². The van der Waals surface area contributed by atoms with Crippen molar-refractivity contribution in [1.29, 1.82) is 0 Å². The van der Waals surface area contributed by atoms with Gasteiger partial charge in [0.2, 0.25) is 0 Å². The fraction of sp³-hybridized carbons (Fsp3) is 0.562. The van der Waals surface area contributed by atoms with Gasteiger partial charge in [-0.1, -0.05) is 18.2 Å². The lowest BCUT2D eigenvalue weighted by molar-refractivity contribution is -0.385. The van der Waals surface area contributed by atoms with E-state index in [0.29, 0.717) is 18.7 Å². The van der Waals surface area contributed by atoms with Crippen LogP contribution in [0.5, 0.6) is 0 Å². The highest BCUT2D eigenvalue weighted by molar-refractivity contribution is 5.67. The SMILES string of the molecule is CC(C)(CNC(=O)OC(C)(C)C)NCc1ccccc1[N+](=O)[O-]. The van der Waals surface area contributed by atoms with E-state index in [0.717, 1.165) is 0 Å². The van der Waals surface area contributed by atoms with Crippen molar-refractivity contribution in [1.82, 2.24) is 10.6 Å². The minimum atomic E-state index is -0.549. The second kappa shape index (κ2) is 7.41. The third-order valence-electron chi connectivity index (χ3n) is 3.02. The number of hydrogen-bond acceptors (Lipinski definition) is 5. The topological polar surface area (TPSA) is 93.5 Å². The van der Waals surface area contributed by atoms with Gasteiger partial charge in [-0.3, -0.25) is 10.1 Å². The lowest BCUT2D eigenvalue weighted by Crippen LogP contribution is -2.49. The number of nitrogens with one attached hydrogen (secondary N) is 2. The van der Waals surface area contributed by atoms with Gasteiger partial charge in [0.25, 0.3) is 5.69 Å². The number of para-hydroxylation sites is 1. The molecule has 0 saturated carbocycles. The first kappa shape index (κ1) is 18.9. The molecule has 7 nitrogen and oxygen atoms in total. The molecule has 0 aliphatic heterocycles. The van der Waals surface area contributed by atoms with E-state index in [2.05, 4.69) is 10.6 Å². The summed E-state index contributed by atoms with van der Waals surface area (Å²) in [6.07, 6.45) is -0.488. The van der Waals surface area contributed by atoms with Gasteiger partial charge in [-0.2, -0.15) is 0 Å². The summed E-state index contributed by atoms with van der Waals surface area (Å²) < 4.78 is 5.18. The molecule has 0 atom stereocenters. The van der Waals surface area contributed by atoms with Crippen LogP contribution in [-0.2, 0) is 11.3 Å². The van der Waals surface area contributed by atoms with E-state index in [1.807, 2.05) is 13.8 Å². The predicted octanol–water partition coefficient (Wildman–Crippen LogP) is 2.99. The van der Waals surface area contributed by atoms with Crippen LogP contribution in [0.4, 0.5) is 10.5 Å². The summed E-state index contributed by atoms with van der Waals surface area (Å²) in [5, 5.41) is 16.9. The van der Waals surface area contributed by atoms with E-state index >= 15 is 0 Å². The number of nitrogens with zero attached hydrogens (tertiary/aromatic N) is 1. The Kier molecular flexibility index (Phi) is 6.09. The Labute approximate surface area is 136 Å². The number of carbonyl (C=O) groups is 1. The fourth-order valence-corrected chi connectivity index (χ4v) is 1.84. The highest BCUT2D eigenvalue weighted by Gasteiger charge is 2.22. The van der Waals surface area contributed by atoms with Crippen LogP contribution in [0.25, 0.3) is 0 Å². The molecule has 0 unspecified atom stereocenters. The standard InChI is InChI=1S/C16H25N3O4/c1-15(2,3)23-14(20)17-11-16(4,5)18-10-12-8-6-7-9-13(12)19(21)22/h6-9,18H,10-11H2,1-5H3,(H,17,20). The number of nitro groups is 1. The molecular weight excluding hydrogens is 298 g/mol. The van der Waals surface area contributed by atoms with Gasteiger partial charge >= 0.3 is 6.09 Å². The van der Waals surface area contributed by atoms with Gasteiger partial charge in [0.05, 0.1) is 4.92 Å². The Morgan fingerprint density at radius 2 is 1.83 bits per heavy atom. The third kappa shape index (κ3) is 7.10. The number of carbonyl (C=O) groups excluding carboxylic acids is 1. The Morgan fingerprint density at radius 1 is 1.22 bits per heavy atom. The highest BCUT2D eigenvalue weighted by atomic mass is 16.6. The normalized spacial score (nSPS) is 11.9. The molecule has 0 heterocycles. The molecule has 128 valence electrons. The first-order chi connectivity index (χ1) is 10.5. The first-order valence-corrected chi connectivity index (χ1v) is 7.44. The van der Waals surface area contributed by atoms with Gasteiger partial charge in [-0.15, -0.1) is 0 Å². The van der Waals surface area contributed by atoms with Crippen molar-refractivity contribution < 1.29 is 14.5 Å². The van der Waals surface area contributed by atoms with Gasteiger partial charge in [0.1, 0.15) is 5.60 Å². The van der Waals surface area contributed by atoms with Crippen molar-refractivity contribution in [2.24, 2.45) is 0 Å². The second-order valence-electron chi connectivity index (χ2n) is 6.98. The zero-order valence-electron chi connectivity index (χ0n) is 14.3. The van der Waals surface area contributed by atoms with E-state index in [9.17, 15) is 14.9 Å². The van der Waals surface area contributed by atoms with Crippen LogP contribution in [0.3, 0.4) is 0 Å². The smallest absolute Gasteiger partial charge is 0.407 e. The Hall–Kier alpha value is -2.15. The van der Waals surface area contributed by atoms with E-state index in [-0.39, 0.29) is 5.69 Å². The molecule has 0 fully saturated rings. The maximum atomic E-state index is 11.7. The minimum absolute atomic E-state index is 0.0795. The van der Waals surface area contributed by atoms with Crippen molar-refractivity contribution in [2.75, 3.05) is 6.54 Å². The van der Waals surface area contributed by atoms with Gasteiger partial charge in [0.15, 0.2) is 0 Å². The quantitative estimate of drug-likeness (QED) is 0.620. The van der Waals surface area contributed by atoms with E-state index in [1.54, 1.807) is 39.0 Å². The van der Waals surface area contributed by atoms with Crippen LogP contribution in [-0.4, -0.2) is 28.7 Å². The van der Waals surface area contributed by atoms with Crippen LogP contribution < -0.4 is 10.6 Å². The number of rotatable bonds is 6. The summed E-state index contributed by atoms with van der Waals surface area (Å²) in [5.74, 6) is 0. The van der Waals surface area contributed by atoms with Crippen LogP contribution in [0.15, 0.2) is 24.3 Å². The zero-order valence-corrected chi connectivity index (χ0v) is 14.3. The molecule has 7 heteroatoms. The highest BCUT2D eigenvalue weighted by Crippen LogP contribution is 2.18. The molecule has 1 amide bonds. The average molecular weight is 323 g/mol. The van der Waals surface area contributed by atoms with E-state index in [4.69, 9.17) is 4.74 Å². The number of amides is 1. The van der Waals surface area contributed by atoms with Crippen LogP contribution in [0.2, 0.25) is 0 Å². The second-order valence-corrected chi connectivity index (χ2v) is 6.98. The van der Waals surface area contributed by atoms with Crippen LogP contribution >= 0.6 is 0 Å². The van der Waals surface area contributed by atoms with Crippen molar-refractivity contribution in [3.05, 3.63) is 39.9 Å². The molecule has 1 aromatic rings. The molecule has 0 saturated heterocycles. The lowest BCUT2D eigenvalue weighted by Gasteiger charge is -2.28. The van der Waals surface area contributed by atoms with Crippen LogP contribution in [0.1, 0.15) is 40.2 Å². The zero-order chi connectivity index (χ0) is 17.7. The number of hydrogen-bond donors (Lipinski definition) is 2. The molecule has 0 aliphatic carbocycles. The van der Waals surface area contributed by atoms with Crippen molar-refractivity contribution in [3.63, 3.8) is 0 Å². The Morgan fingerprint density at radius 3 is 2.39 bits per heavy atom. The third-order valence-corrected chi connectivity index (χ3v) is 3.02. The van der Waals surface area contributed by atoms with Gasteiger partial charge in [-0.25, -0.2) is 4.79 Å². The summed E-state index contributed by atoms with van der Waals surface area (Å²) in [5.41, 5.74) is -0.314. The first-order valence-electron chi connectivity index (χ1n) is 7.44. The molecule has 0 bridgehead atoms. The summed E-state index contributed by atoms with van der Waals surface area (Å²) >= 11 is 0. The summed E-state index contributed by atoms with van der Waals surface area (Å²) in [4.78, 5) is 22.3. The number of benzene rings is 1. The van der Waals surface area contributed by atoms with Crippen molar-refractivity contribution in [3.8, 4) is 0 Å². The monoisotopic (exact) mass is 323 g/mol. The predicted molar refractivity (Wildman–Crippen MR) is 88.3 cm³/mol. The molecule has 0 aromatic heterocycles. The largest absolute Gasteiger partial charge is 0.444 e. The van der Waals surface area contributed by atoms with E-state index in [1.165, 1.54) is 6.07 Å². The number of alkyl carbamates (subject to hydrolysis) is 1. The maximum Gasteiger partial charge on any atom is 0.407 e.